The van der Waals surface area contributed by atoms with Crippen molar-refractivity contribution < 1.29 is 9.53 Å². The molecule has 0 bridgehead atoms. The second-order valence-electron chi connectivity index (χ2n) is 5.30. The molecule has 1 saturated heterocycles. The number of ether oxygens (including phenoxy) is 1. The average molecular weight is 278 g/mol. The van der Waals surface area contributed by atoms with E-state index in [1.165, 1.54) is 0 Å². The number of hydrogen-bond acceptors (Lipinski definition) is 5. The summed E-state index contributed by atoms with van der Waals surface area (Å²) in [7, 11) is 0. The van der Waals surface area contributed by atoms with Gasteiger partial charge in [0, 0.05) is 18.2 Å². The predicted octanol–water partition coefficient (Wildman–Crippen LogP) is 1.88. The number of carbonyl (C=O) groups is 1. The highest BCUT2D eigenvalue weighted by Crippen LogP contribution is 2.22. The minimum absolute atomic E-state index is 0.0536. The van der Waals surface area contributed by atoms with E-state index >= 15 is 0 Å². The summed E-state index contributed by atoms with van der Waals surface area (Å²) in [6.45, 7) is 5.78. The van der Waals surface area contributed by atoms with Crippen LogP contribution in [-0.4, -0.2) is 28.1 Å². The molecule has 2 atom stereocenters. The summed E-state index contributed by atoms with van der Waals surface area (Å²) in [6.07, 6.45) is 3.90. The Morgan fingerprint density at radius 2 is 2.20 bits per heavy atom. The van der Waals surface area contributed by atoms with Crippen LogP contribution >= 0.6 is 0 Å². The van der Waals surface area contributed by atoms with E-state index in [0.717, 1.165) is 25.0 Å². The van der Waals surface area contributed by atoms with Crippen LogP contribution in [0.1, 0.15) is 44.1 Å². The number of anilines is 1. The van der Waals surface area contributed by atoms with Crippen LogP contribution in [0.25, 0.3) is 0 Å². The smallest absolute Gasteiger partial charge is 0.238 e. The van der Waals surface area contributed by atoms with Crippen molar-refractivity contribution >= 4 is 11.7 Å². The van der Waals surface area contributed by atoms with E-state index in [-0.39, 0.29) is 12.0 Å². The number of nitrogens with one attached hydrogen (secondary N) is 2. The maximum atomic E-state index is 11.8. The highest BCUT2D eigenvalue weighted by molar-refractivity contribution is 5.77. The zero-order valence-electron chi connectivity index (χ0n) is 12.3. The molecule has 110 valence electrons. The second-order valence-corrected chi connectivity index (χ2v) is 5.30. The first-order valence-corrected chi connectivity index (χ1v) is 7.05. The lowest BCUT2D eigenvalue weighted by Gasteiger charge is -2.12. The molecular weight excluding hydrogens is 256 g/mol. The zero-order valence-corrected chi connectivity index (χ0v) is 12.3. The highest BCUT2D eigenvalue weighted by atomic mass is 16.5. The number of nitrogens with zero attached hydrogens (tertiary/aromatic N) is 2. The Hall–Kier alpha value is -1.69. The first-order valence-electron chi connectivity index (χ1n) is 7.05. The lowest BCUT2D eigenvalue weighted by molar-refractivity contribution is -0.121. The SMILES string of the molecule is Cc1cc(NNC(=O)CC[C@@H]2CC[C@H](C)O2)nc(C)n1. The van der Waals surface area contributed by atoms with Gasteiger partial charge in [-0.2, -0.15) is 0 Å². The van der Waals surface area contributed by atoms with E-state index in [1.807, 2.05) is 13.8 Å². The Bertz CT molecular complexity index is 458. The van der Waals surface area contributed by atoms with Crippen LogP contribution in [0.5, 0.6) is 0 Å². The van der Waals surface area contributed by atoms with Crippen LogP contribution in [0.2, 0.25) is 0 Å². The van der Waals surface area contributed by atoms with Crippen LogP contribution in [0.15, 0.2) is 6.07 Å². The molecule has 0 unspecified atom stereocenters. The maximum absolute atomic E-state index is 11.8. The first-order chi connectivity index (χ1) is 9.52. The topological polar surface area (TPSA) is 76.1 Å². The third kappa shape index (κ3) is 4.45. The fourth-order valence-electron chi connectivity index (χ4n) is 2.37. The van der Waals surface area contributed by atoms with E-state index in [0.29, 0.717) is 24.2 Å². The Kier molecular flexibility index (Phi) is 4.89. The van der Waals surface area contributed by atoms with Crippen LogP contribution in [-0.2, 0) is 9.53 Å². The van der Waals surface area contributed by atoms with Gasteiger partial charge in [-0.15, -0.1) is 0 Å². The fraction of sp³-hybridized carbons (Fsp3) is 0.643. The van der Waals surface area contributed by atoms with E-state index in [9.17, 15) is 4.79 Å². The van der Waals surface area contributed by atoms with Crippen molar-refractivity contribution in [2.24, 2.45) is 0 Å². The van der Waals surface area contributed by atoms with Crippen LogP contribution in [0.3, 0.4) is 0 Å². The molecular formula is C14H22N4O2. The summed E-state index contributed by atoms with van der Waals surface area (Å²) in [5, 5.41) is 0. The predicted molar refractivity (Wildman–Crippen MR) is 76.1 cm³/mol. The largest absolute Gasteiger partial charge is 0.375 e. The molecule has 2 heterocycles. The Balaban J connectivity index is 1.72. The quantitative estimate of drug-likeness (QED) is 0.804. The van der Waals surface area contributed by atoms with Gasteiger partial charge in [0.25, 0.3) is 0 Å². The van der Waals surface area contributed by atoms with Crippen molar-refractivity contribution in [1.82, 2.24) is 15.4 Å². The van der Waals surface area contributed by atoms with E-state index in [2.05, 4.69) is 27.7 Å². The molecule has 2 N–H and O–H groups in total. The molecule has 1 fully saturated rings. The number of rotatable bonds is 5. The Morgan fingerprint density at radius 1 is 1.40 bits per heavy atom. The molecule has 20 heavy (non-hydrogen) atoms. The third-order valence-corrected chi connectivity index (χ3v) is 3.31. The zero-order chi connectivity index (χ0) is 14.5. The molecule has 1 aromatic rings. The van der Waals surface area contributed by atoms with Crippen LogP contribution in [0, 0.1) is 13.8 Å². The van der Waals surface area contributed by atoms with Gasteiger partial charge in [-0.05, 0) is 40.0 Å². The minimum Gasteiger partial charge on any atom is -0.375 e. The fourth-order valence-corrected chi connectivity index (χ4v) is 2.37. The van der Waals surface area contributed by atoms with Crippen molar-refractivity contribution in [3.8, 4) is 0 Å². The molecule has 1 amide bonds. The first kappa shape index (κ1) is 14.7. The van der Waals surface area contributed by atoms with E-state index < -0.39 is 0 Å². The summed E-state index contributed by atoms with van der Waals surface area (Å²) in [6, 6.07) is 1.79. The van der Waals surface area contributed by atoms with Crippen molar-refractivity contribution in [2.75, 3.05) is 5.43 Å². The number of hydrazine groups is 1. The van der Waals surface area contributed by atoms with Crippen LogP contribution in [0.4, 0.5) is 5.82 Å². The van der Waals surface area contributed by atoms with Crippen molar-refractivity contribution in [2.45, 2.75) is 58.7 Å². The number of aryl methyl sites for hydroxylation is 2. The van der Waals surface area contributed by atoms with Crippen molar-refractivity contribution in [3.05, 3.63) is 17.6 Å². The van der Waals surface area contributed by atoms with Gasteiger partial charge in [-0.1, -0.05) is 0 Å². The molecule has 2 rings (SSSR count). The van der Waals surface area contributed by atoms with Gasteiger partial charge in [0.1, 0.15) is 11.6 Å². The summed E-state index contributed by atoms with van der Waals surface area (Å²) in [5.41, 5.74) is 6.34. The number of carbonyl (C=O) groups excluding carboxylic acids is 1. The molecule has 1 aromatic heterocycles. The molecule has 0 aliphatic carbocycles. The Labute approximate surface area is 119 Å². The van der Waals surface area contributed by atoms with E-state index in [1.54, 1.807) is 6.07 Å². The lowest BCUT2D eigenvalue weighted by Crippen LogP contribution is -2.30. The molecule has 0 saturated carbocycles. The molecule has 0 aromatic carbocycles. The highest BCUT2D eigenvalue weighted by Gasteiger charge is 2.22. The molecule has 6 heteroatoms. The monoisotopic (exact) mass is 278 g/mol. The molecule has 6 nitrogen and oxygen atoms in total. The normalized spacial score (nSPS) is 21.8. The maximum Gasteiger partial charge on any atom is 0.238 e. The van der Waals surface area contributed by atoms with Gasteiger partial charge in [0.2, 0.25) is 5.91 Å². The Morgan fingerprint density at radius 3 is 2.85 bits per heavy atom. The summed E-state index contributed by atoms with van der Waals surface area (Å²) in [5.74, 6) is 1.23. The number of amides is 1. The lowest BCUT2D eigenvalue weighted by atomic mass is 10.1. The molecule has 0 radical (unpaired) electrons. The van der Waals surface area contributed by atoms with Gasteiger partial charge < -0.3 is 4.74 Å². The van der Waals surface area contributed by atoms with Gasteiger partial charge in [-0.25, -0.2) is 9.97 Å². The van der Waals surface area contributed by atoms with Crippen molar-refractivity contribution in [3.63, 3.8) is 0 Å². The summed E-state index contributed by atoms with van der Waals surface area (Å²) < 4.78 is 5.68. The second kappa shape index (κ2) is 6.65. The molecule has 1 aliphatic heterocycles. The van der Waals surface area contributed by atoms with Crippen LogP contribution < -0.4 is 10.9 Å². The molecule has 0 spiro atoms. The standard InChI is InChI=1S/C14H22N4O2/c1-9-8-13(16-11(3)15-9)17-18-14(19)7-6-12-5-4-10(2)20-12/h8,10,12H,4-7H2,1-3H3,(H,18,19)(H,15,16,17)/t10-,12-/m0/s1. The molecule has 1 aliphatic rings. The summed E-state index contributed by atoms with van der Waals surface area (Å²) >= 11 is 0. The van der Waals surface area contributed by atoms with E-state index in [4.69, 9.17) is 4.74 Å². The number of hydrogen-bond donors (Lipinski definition) is 2. The van der Waals surface area contributed by atoms with Gasteiger partial charge in [0.05, 0.1) is 12.2 Å². The minimum atomic E-state index is -0.0536. The summed E-state index contributed by atoms with van der Waals surface area (Å²) in [4.78, 5) is 20.1. The van der Waals surface area contributed by atoms with Gasteiger partial charge >= 0.3 is 0 Å². The van der Waals surface area contributed by atoms with Gasteiger partial charge in [0.15, 0.2) is 0 Å². The average Bonchev–Trinajstić information content (AvgIpc) is 2.79. The third-order valence-electron chi connectivity index (χ3n) is 3.31. The van der Waals surface area contributed by atoms with Gasteiger partial charge in [-0.3, -0.25) is 15.6 Å². The van der Waals surface area contributed by atoms with Crippen molar-refractivity contribution in [1.29, 1.82) is 0 Å². The number of aromatic nitrogens is 2.